The highest BCUT2D eigenvalue weighted by Crippen LogP contribution is 2.29. The van der Waals surface area contributed by atoms with Crippen LogP contribution in [0.2, 0.25) is 0 Å². The fraction of sp³-hybridized carbons (Fsp3) is 0.0588. The van der Waals surface area contributed by atoms with Gasteiger partial charge in [-0.15, -0.1) is 11.3 Å². The third-order valence-electron chi connectivity index (χ3n) is 3.51. The third kappa shape index (κ3) is 3.33. The number of aromatic nitrogens is 2. The van der Waals surface area contributed by atoms with Crippen LogP contribution in [-0.2, 0) is 0 Å². The molecule has 0 radical (unpaired) electrons. The number of nitrogens with zero attached hydrogens (tertiary/aromatic N) is 2. The summed E-state index contributed by atoms with van der Waals surface area (Å²) in [5.41, 5.74) is 0.374. The maximum atomic E-state index is 12.3. The number of nitrogens with one attached hydrogen (secondary N) is 1. The van der Waals surface area contributed by atoms with Crippen LogP contribution in [0.5, 0.6) is 0 Å². The van der Waals surface area contributed by atoms with E-state index >= 15 is 0 Å². The number of thiophene rings is 1. The first-order chi connectivity index (χ1) is 12.0. The van der Waals surface area contributed by atoms with Crippen LogP contribution < -0.4 is 5.56 Å². The molecule has 6 nitrogen and oxygen atoms in total. The Kier molecular flexibility index (Phi) is 4.70. The zero-order valence-electron chi connectivity index (χ0n) is 12.6. The standard InChI is InChI=1S/C17H11N3O3S2/c18-8-11-13(12-5-2-6-25-12)19-15(20-16(11)21)14(24)9-3-1-4-10(7-9)17(22)23/h1-7,14,24H,(H,22,23)(H,19,20,21). The summed E-state index contributed by atoms with van der Waals surface area (Å²) in [4.78, 5) is 31.1. The summed E-state index contributed by atoms with van der Waals surface area (Å²) in [5.74, 6) is -0.804. The SMILES string of the molecule is N#Cc1c(-c2cccs2)nc(C(S)c2cccc(C(=O)O)c2)[nH]c1=O. The minimum atomic E-state index is -1.05. The number of aromatic amines is 1. The van der Waals surface area contributed by atoms with Crippen molar-refractivity contribution in [2.75, 3.05) is 0 Å². The molecule has 0 saturated carbocycles. The Morgan fingerprint density at radius 1 is 1.36 bits per heavy atom. The van der Waals surface area contributed by atoms with Gasteiger partial charge in [-0.2, -0.15) is 17.9 Å². The number of H-pyrrole nitrogens is 1. The van der Waals surface area contributed by atoms with Crippen molar-refractivity contribution in [1.82, 2.24) is 9.97 Å². The molecule has 0 fully saturated rings. The fourth-order valence-electron chi connectivity index (χ4n) is 2.32. The molecule has 8 heteroatoms. The monoisotopic (exact) mass is 369 g/mol. The predicted molar refractivity (Wildman–Crippen MR) is 97.1 cm³/mol. The van der Waals surface area contributed by atoms with Gasteiger partial charge in [0.15, 0.2) is 0 Å². The van der Waals surface area contributed by atoms with Crippen molar-refractivity contribution in [3.8, 4) is 16.6 Å². The molecule has 0 aliphatic carbocycles. The normalized spacial score (nSPS) is 11.7. The number of hydrogen-bond acceptors (Lipinski definition) is 6. The molecule has 124 valence electrons. The van der Waals surface area contributed by atoms with Crippen molar-refractivity contribution in [2.24, 2.45) is 0 Å². The number of carboxylic acids is 1. The molecule has 2 aromatic heterocycles. The smallest absolute Gasteiger partial charge is 0.335 e. The molecule has 0 aliphatic rings. The van der Waals surface area contributed by atoms with E-state index in [1.807, 2.05) is 11.4 Å². The molecule has 1 unspecified atom stereocenters. The van der Waals surface area contributed by atoms with Gasteiger partial charge in [0, 0.05) is 0 Å². The van der Waals surface area contributed by atoms with Crippen molar-refractivity contribution in [3.05, 3.63) is 74.6 Å². The first-order valence-electron chi connectivity index (χ1n) is 7.10. The summed E-state index contributed by atoms with van der Waals surface area (Å²) in [7, 11) is 0. The Hall–Kier alpha value is -2.89. The summed E-state index contributed by atoms with van der Waals surface area (Å²) in [5, 5.41) is 19.5. The lowest BCUT2D eigenvalue weighted by atomic mass is 10.1. The van der Waals surface area contributed by atoms with E-state index in [0.29, 0.717) is 16.1 Å². The average Bonchev–Trinajstić information content (AvgIpc) is 3.15. The van der Waals surface area contributed by atoms with Gasteiger partial charge in [-0.25, -0.2) is 9.78 Å². The second kappa shape index (κ2) is 6.93. The number of nitriles is 1. The molecule has 1 atom stereocenters. The van der Waals surface area contributed by atoms with Gasteiger partial charge >= 0.3 is 5.97 Å². The number of thiol groups is 1. The van der Waals surface area contributed by atoms with E-state index in [1.165, 1.54) is 23.5 Å². The first-order valence-corrected chi connectivity index (χ1v) is 8.50. The highest BCUT2D eigenvalue weighted by atomic mass is 32.1. The van der Waals surface area contributed by atoms with Crippen molar-refractivity contribution >= 4 is 29.9 Å². The van der Waals surface area contributed by atoms with E-state index in [1.54, 1.807) is 24.3 Å². The minimum Gasteiger partial charge on any atom is -0.478 e. The van der Waals surface area contributed by atoms with E-state index in [9.17, 15) is 14.9 Å². The van der Waals surface area contributed by atoms with Gasteiger partial charge < -0.3 is 10.1 Å². The van der Waals surface area contributed by atoms with Crippen molar-refractivity contribution in [3.63, 3.8) is 0 Å². The van der Waals surface area contributed by atoms with Crippen LogP contribution in [0, 0.1) is 11.3 Å². The Bertz CT molecular complexity index is 1040. The molecule has 0 bridgehead atoms. The molecule has 2 heterocycles. The van der Waals surface area contributed by atoms with Gasteiger partial charge in [-0.05, 0) is 29.1 Å². The van der Waals surface area contributed by atoms with Crippen molar-refractivity contribution in [1.29, 1.82) is 5.26 Å². The van der Waals surface area contributed by atoms with Crippen LogP contribution in [0.1, 0.15) is 32.6 Å². The van der Waals surface area contributed by atoms with Crippen LogP contribution >= 0.6 is 24.0 Å². The van der Waals surface area contributed by atoms with Gasteiger partial charge in [-0.1, -0.05) is 18.2 Å². The average molecular weight is 369 g/mol. The summed E-state index contributed by atoms with van der Waals surface area (Å²) in [6.07, 6.45) is 0. The molecular weight excluding hydrogens is 358 g/mol. The van der Waals surface area contributed by atoms with Gasteiger partial charge in [0.05, 0.1) is 15.7 Å². The molecule has 25 heavy (non-hydrogen) atoms. The van der Waals surface area contributed by atoms with Gasteiger partial charge in [0.2, 0.25) is 0 Å². The molecule has 1 aromatic carbocycles. The number of benzene rings is 1. The quantitative estimate of drug-likeness (QED) is 0.613. The Morgan fingerprint density at radius 3 is 2.80 bits per heavy atom. The Labute approximate surface area is 151 Å². The summed E-state index contributed by atoms with van der Waals surface area (Å²) >= 11 is 5.84. The lowest BCUT2D eigenvalue weighted by Crippen LogP contribution is -2.18. The lowest BCUT2D eigenvalue weighted by molar-refractivity contribution is 0.0696. The molecule has 2 N–H and O–H groups in total. The Morgan fingerprint density at radius 2 is 2.16 bits per heavy atom. The van der Waals surface area contributed by atoms with Crippen LogP contribution in [0.15, 0.2) is 46.6 Å². The van der Waals surface area contributed by atoms with Gasteiger partial charge in [-0.3, -0.25) is 4.79 Å². The number of carbonyl (C=O) groups is 1. The minimum absolute atomic E-state index is 0.0639. The molecule has 0 spiro atoms. The Balaban J connectivity index is 2.12. The van der Waals surface area contributed by atoms with Crippen LogP contribution in [0.3, 0.4) is 0 Å². The van der Waals surface area contributed by atoms with Crippen LogP contribution in [-0.4, -0.2) is 21.0 Å². The lowest BCUT2D eigenvalue weighted by Gasteiger charge is -2.12. The van der Waals surface area contributed by atoms with Crippen molar-refractivity contribution in [2.45, 2.75) is 5.25 Å². The van der Waals surface area contributed by atoms with Crippen molar-refractivity contribution < 1.29 is 9.90 Å². The zero-order chi connectivity index (χ0) is 18.0. The zero-order valence-corrected chi connectivity index (χ0v) is 14.3. The van der Waals surface area contributed by atoms with E-state index < -0.39 is 16.8 Å². The largest absolute Gasteiger partial charge is 0.478 e. The number of hydrogen-bond donors (Lipinski definition) is 3. The maximum absolute atomic E-state index is 12.3. The highest BCUT2D eigenvalue weighted by Gasteiger charge is 2.19. The van der Waals surface area contributed by atoms with E-state index in [0.717, 1.165) is 0 Å². The van der Waals surface area contributed by atoms with E-state index in [4.69, 9.17) is 5.11 Å². The number of rotatable bonds is 4. The van der Waals surface area contributed by atoms with Crippen LogP contribution in [0.4, 0.5) is 0 Å². The topological polar surface area (TPSA) is 107 Å². The van der Waals surface area contributed by atoms with Gasteiger partial charge in [0.25, 0.3) is 5.56 Å². The highest BCUT2D eigenvalue weighted by molar-refractivity contribution is 7.80. The molecule has 0 aliphatic heterocycles. The van der Waals surface area contributed by atoms with Gasteiger partial charge in [0.1, 0.15) is 23.2 Å². The fourth-order valence-corrected chi connectivity index (χ4v) is 3.32. The molecule has 3 aromatic rings. The number of aromatic carboxylic acids is 1. The maximum Gasteiger partial charge on any atom is 0.335 e. The number of carboxylic acid groups (broad SMARTS) is 1. The second-order valence-corrected chi connectivity index (χ2v) is 6.56. The summed E-state index contributed by atoms with van der Waals surface area (Å²) < 4.78 is 0. The van der Waals surface area contributed by atoms with Crippen LogP contribution in [0.25, 0.3) is 10.6 Å². The molecular formula is C17H11N3O3S2. The molecule has 0 saturated heterocycles. The second-order valence-electron chi connectivity index (χ2n) is 5.10. The summed E-state index contributed by atoms with van der Waals surface area (Å²) in [6, 6.07) is 11.7. The van der Waals surface area contributed by atoms with E-state index in [2.05, 4.69) is 22.6 Å². The molecule has 0 amide bonds. The molecule has 3 rings (SSSR count). The third-order valence-corrected chi connectivity index (χ3v) is 4.93. The predicted octanol–water partition coefficient (Wildman–Crippen LogP) is 3.09. The summed E-state index contributed by atoms with van der Waals surface area (Å²) in [6.45, 7) is 0. The van der Waals surface area contributed by atoms with E-state index in [-0.39, 0.29) is 17.0 Å². The first kappa shape index (κ1) is 17.0.